The first kappa shape index (κ1) is 14.5. The lowest BCUT2D eigenvalue weighted by Gasteiger charge is -2.34. The molecule has 1 aromatic rings. The molecular weight excluding hydrogens is 310 g/mol. The highest BCUT2D eigenvalue weighted by Crippen LogP contribution is 2.23. The Morgan fingerprint density at radius 2 is 2.17 bits per heavy atom. The molecule has 0 aliphatic carbocycles. The Morgan fingerprint density at radius 1 is 1.44 bits per heavy atom. The molecule has 1 aliphatic rings. The predicted octanol–water partition coefficient (Wildman–Crippen LogP) is 2.24. The Labute approximate surface area is 122 Å². The van der Waals surface area contributed by atoms with Crippen LogP contribution in [0, 0.1) is 0 Å². The quantitative estimate of drug-likeness (QED) is 0.892. The lowest BCUT2D eigenvalue weighted by Crippen LogP contribution is -2.50. The average Bonchev–Trinajstić information content (AvgIpc) is 2.75. The fourth-order valence-electron chi connectivity index (χ4n) is 2.46. The monoisotopic (exact) mass is 331 g/mol. The van der Waals surface area contributed by atoms with E-state index in [9.17, 15) is 0 Å². The number of hydrogen-bond acceptors (Lipinski definition) is 4. The van der Waals surface area contributed by atoms with Gasteiger partial charge in [0.2, 0.25) is 0 Å². The maximum atomic E-state index is 3.52. The summed E-state index contributed by atoms with van der Waals surface area (Å²) in [7, 11) is 2.21. The maximum absolute atomic E-state index is 3.52. The van der Waals surface area contributed by atoms with Gasteiger partial charge in [-0.3, -0.25) is 9.80 Å². The molecule has 1 N–H and O–H groups in total. The fraction of sp³-hybridized carbons (Fsp3) is 0.692. The summed E-state index contributed by atoms with van der Waals surface area (Å²) in [5.41, 5.74) is 0. The summed E-state index contributed by atoms with van der Waals surface area (Å²) in [6.45, 7) is 9.14. The number of rotatable bonds is 5. The van der Waals surface area contributed by atoms with Gasteiger partial charge in [0.15, 0.2) is 0 Å². The van der Waals surface area contributed by atoms with E-state index in [2.05, 4.69) is 57.2 Å². The zero-order valence-electron chi connectivity index (χ0n) is 11.2. The van der Waals surface area contributed by atoms with E-state index >= 15 is 0 Å². The number of nitrogens with zero attached hydrogens (tertiary/aromatic N) is 2. The van der Waals surface area contributed by atoms with E-state index in [4.69, 9.17) is 0 Å². The molecule has 3 nitrogen and oxygen atoms in total. The molecule has 0 spiro atoms. The van der Waals surface area contributed by atoms with Crippen molar-refractivity contribution < 1.29 is 0 Å². The van der Waals surface area contributed by atoms with Crippen molar-refractivity contribution in [1.29, 1.82) is 0 Å². The second kappa shape index (κ2) is 7.01. The van der Waals surface area contributed by atoms with E-state index in [1.807, 2.05) is 11.3 Å². The van der Waals surface area contributed by atoms with E-state index in [0.29, 0.717) is 6.04 Å². The third-order valence-electron chi connectivity index (χ3n) is 3.41. The van der Waals surface area contributed by atoms with Gasteiger partial charge in [-0.15, -0.1) is 11.3 Å². The molecule has 18 heavy (non-hydrogen) atoms. The summed E-state index contributed by atoms with van der Waals surface area (Å²) in [5, 5.41) is 3.41. The number of nitrogens with one attached hydrogen (secondary N) is 1. The highest BCUT2D eigenvalue weighted by molar-refractivity contribution is 9.11. The lowest BCUT2D eigenvalue weighted by atomic mass is 10.2. The molecule has 1 saturated heterocycles. The van der Waals surface area contributed by atoms with Crippen LogP contribution in [0.15, 0.2) is 15.9 Å². The van der Waals surface area contributed by atoms with Crippen molar-refractivity contribution >= 4 is 27.3 Å². The number of piperazine rings is 1. The minimum Gasteiger partial charge on any atom is -0.314 e. The first-order valence-corrected chi connectivity index (χ1v) is 8.13. The smallest absolute Gasteiger partial charge is 0.0701 e. The number of halogens is 1. The van der Waals surface area contributed by atoms with Crippen LogP contribution in [0.2, 0.25) is 0 Å². The van der Waals surface area contributed by atoms with E-state index in [0.717, 1.165) is 26.2 Å². The second-order valence-corrected chi connectivity index (χ2v) is 7.59. The van der Waals surface area contributed by atoms with E-state index in [1.165, 1.54) is 21.8 Å². The third kappa shape index (κ3) is 4.31. The molecule has 0 saturated carbocycles. The molecule has 1 atom stereocenters. The topological polar surface area (TPSA) is 18.5 Å². The largest absolute Gasteiger partial charge is 0.314 e. The standard InChI is InChI=1S/C13H22BrN3S/c1-11(17-7-5-15-6-8-17)9-16(2)10-12-3-4-13(14)18-12/h3-4,11,15H,5-10H2,1-2H3. The molecule has 1 unspecified atom stereocenters. The molecule has 1 aliphatic heterocycles. The molecular formula is C13H22BrN3S. The summed E-state index contributed by atoms with van der Waals surface area (Å²) in [5.74, 6) is 0. The van der Waals surface area contributed by atoms with Crippen molar-refractivity contribution in [3.05, 3.63) is 20.8 Å². The van der Waals surface area contributed by atoms with Crippen LogP contribution in [0.25, 0.3) is 0 Å². The molecule has 0 aromatic carbocycles. The zero-order valence-corrected chi connectivity index (χ0v) is 13.6. The van der Waals surface area contributed by atoms with Gasteiger partial charge < -0.3 is 5.32 Å². The van der Waals surface area contributed by atoms with Gasteiger partial charge in [0, 0.05) is 50.2 Å². The molecule has 1 fully saturated rings. The Morgan fingerprint density at radius 3 is 2.78 bits per heavy atom. The van der Waals surface area contributed by atoms with Crippen molar-refractivity contribution in [3.63, 3.8) is 0 Å². The molecule has 0 bridgehead atoms. The van der Waals surface area contributed by atoms with Gasteiger partial charge >= 0.3 is 0 Å². The van der Waals surface area contributed by atoms with Crippen LogP contribution in [-0.4, -0.2) is 55.6 Å². The van der Waals surface area contributed by atoms with Crippen molar-refractivity contribution in [2.75, 3.05) is 39.8 Å². The van der Waals surface area contributed by atoms with Crippen LogP contribution in [0.4, 0.5) is 0 Å². The highest BCUT2D eigenvalue weighted by atomic mass is 79.9. The summed E-state index contributed by atoms with van der Waals surface area (Å²) in [4.78, 5) is 6.43. The van der Waals surface area contributed by atoms with Crippen LogP contribution in [0.5, 0.6) is 0 Å². The Balaban J connectivity index is 1.77. The van der Waals surface area contributed by atoms with Gasteiger partial charge in [0.1, 0.15) is 0 Å². The Bertz CT molecular complexity index is 363. The minimum atomic E-state index is 0.639. The first-order valence-electron chi connectivity index (χ1n) is 6.52. The summed E-state index contributed by atoms with van der Waals surface area (Å²) in [6, 6.07) is 4.98. The van der Waals surface area contributed by atoms with Gasteiger partial charge in [-0.1, -0.05) is 0 Å². The van der Waals surface area contributed by atoms with Gasteiger partial charge in [-0.2, -0.15) is 0 Å². The number of hydrogen-bond donors (Lipinski definition) is 1. The highest BCUT2D eigenvalue weighted by Gasteiger charge is 2.17. The van der Waals surface area contributed by atoms with Gasteiger partial charge in [0.05, 0.1) is 3.79 Å². The van der Waals surface area contributed by atoms with Gasteiger partial charge in [-0.25, -0.2) is 0 Å². The van der Waals surface area contributed by atoms with Crippen molar-refractivity contribution in [3.8, 4) is 0 Å². The fourth-order valence-corrected chi connectivity index (χ4v) is 4.02. The van der Waals surface area contributed by atoms with Crippen molar-refractivity contribution in [1.82, 2.24) is 15.1 Å². The SMILES string of the molecule is CC(CN(C)Cc1ccc(Br)s1)N1CCNCC1. The van der Waals surface area contributed by atoms with Crippen LogP contribution in [0.1, 0.15) is 11.8 Å². The van der Waals surface area contributed by atoms with Crippen molar-refractivity contribution in [2.45, 2.75) is 19.5 Å². The molecule has 0 amide bonds. The molecule has 1 aromatic heterocycles. The summed E-state index contributed by atoms with van der Waals surface area (Å²) >= 11 is 5.35. The molecule has 102 valence electrons. The number of likely N-dealkylation sites (N-methyl/N-ethyl adjacent to an activating group) is 1. The molecule has 0 radical (unpaired) electrons. The molecule has 5 heteroatoms. The van der Waals surface area contributed by atoms with Crippen LogP contribution in [0.3, 0.4) is 0 Å². The number of thiophene rings is 1. The van der Waals surface area contributed by atoms with E-state index in [-0.39, 0.29) is 0 Å². The average molecular weight is 332 g/mol. The summed E-state index contributed by atoms with van der Waals surface area (Å²) < 4.78 is 1.22. The van der Waals surface area contributed by atoms with Crippen molar-refractivity contribution in [2.24, 2.45) is 0 Å². The second-order valence-electron chi connectivity index (χ2n) is 5.04. The zero-order chi connectivity index (χ0) is 13.0. The third-order valence-corrected chi connectivity index (χ3v) is 5.01. The lowest BCUT2D eigenvalue weighted by molar-refractivity contribution is 0.144. The van der Waals surface area contributed by atoms with Gasteiger partial charge in [0.25, 0.3) is 0 Å². The van der Waals surface area contributed by atoms with Crippen LogP contribution in [-0.2, 0) is 6.54 Å². The summed E-state index contributed by atoms with van der Waals surface area (Å²) in [6.07, 6.45) is 0. The van der Waals surface area contributed by atoms with E-state index < -0.39 is 0 Å². The first-order chi connectivity index (χ1) is 8.65. The predicted molar refractivity (Wildman–Crippen MR) is 82.3 cm³/mol. The maximum Gasteiger partial charge on any atom is 0.0701 e. The Kier molecular flexibility index (Phi) is 5.63. The normalized spacial score (nSPS) is 19.3. The Hall–Kier alpha value is 0.0600. The van der Waals surface area contributed by atoms with Crippen LogP contribution < -0.4 is 5.32 Å². The molecule has 2 rings (SSSR count). The van der Waals surface area contributed by atoms with E-state index in [1.54, 1.807) is 0 Å². The molecule has 2 heterocycles. The van der Waals surface area contributed by atoms with Crippen LogP contribution >= 0.6 is 27.3 Å². The minimum absolute atomic E-state index is 0.639. The van der Waals surface area contributed by atoms with Gasteiger partial charge in [-0.05, 0) is 42.0 Å².